The Balaban J connectivity index is 2.76. The highest BCUT2D eigenvalue weighted by molar-refractivity contribution is 8.09. The molecule has 0 amide bonds. The van der Waals surface area contributed by atoms with Gasteiger partial charge in [0.25, 0.3) is 0 Å². The first-order valence-corrected chi connectivity index (χ1v) is 7.06. The van der Waals surface area contributed by atoms with Crippen molar-refractivity contribution in [2.24, 2.45) is 0 Å². The topological polar surface area (TPSA) is 0 Å². The van der Waals surface area contributed by atoms with Crippen molar-refractivity contribution in [2.75, 3.05) is 0 Å². The Hall–Kier alpha value is 1.13. The molecule has 0 saturated carbocycles. The molecule has 1 unspecified atom stereocenters. The van der Waals surface area contributed by atoms with Gasteiger partial charge in [0, 0.05) is 31.9 Å². The second-order valence-electron chi connectivity index (χ2n) is 6.35. The minimum atomic E-state index is 0.692. The molecule has 0 spiro atoms. The lowest BCUT2D eigenvalue weighted by Gasteiger charge is -2.30. The van der Waals surface area contributed by atoms with Crippen molar-refractivity contribution in [3.05, 3.63) is 0 Å². The van der Waals surface area contributed by atoms with Crippen LogP contribution < -0.4 is 0 Å². The van der Waals surface area contributed by atoms with Gasteiger partial charge >= 0.3 is 0 Å². The van der Waals surface area contributed by atoms with E-state index < -0.39 is 0 Å². The second-order valence-corrected chi connectivity index (χ2v) is 7.02. The van der Waals surface area contributed by atoms with Gasteiger partial charge in [0.15, 0.2) is 0 Å². The fourth-order valence-corrected chi connectivity index (χ4v) is 3.94. The number of rotatable bonds is 5. The van der Waals surface area contributed by atoms with E-state index in [-0.39, 0.29) is 0 Å². The summed E-state index contributed by atoms with van der Waals surface area (Å²) in [4.78, 5) is 0. The summed E-state index contributed by atoms with van der Waals surface area (Å²) >= 11 is 4.64. The zero-order chi connectivity index (χ0) is 11.7. The minimum absolute atomic E-state index is 0.692. The number of hydrogen-bond acceptors (Lipinski definition) is 1. The zero-order valence-corrected chi connectivity index (χ0v) is 12.1. The van der Waals surface area contributed by atoms with E-state index in [4.69, 9.17) is 0 Å². The van der Waals surface area contributed by atoms with Crippen molar-refractivity contribution in [3.8, 4) is 0 Å². The maximum Gasteiger partial charge on any atom is 0.106 e. The lowest BCUT2D eigenvalue weighted by atomic mass is 8.50. The molecule has 0 aromatic carbocycles. The van der Waals surface area contributed by atoms with Gasteiger partial charge in [-0.3, -0.25) is 0 Å². The molecule has 13 heteroatoms. The van der Waals surface area contributed by atoms with Crippen molar-refractivity contribution in [1.29, 1.82) is 0 Å². The predicted octanol–water partition coefficient (Wildman–Crippen LogP) is -7.02. The molecule has 1 atom stereocenters. The Kier molecular flexibility index (Phi) is 5.34. The zero-order valence-electron chi connectivity index (χ0n) is 11.2. The van der Waals surface area contributed by atoms with E-state index in [0.29, 0.717) is 5.15 Å². The summed E-state index contributed by atoms with van der Waals surface area (Å²) in [5, 5.41) is 0.692. The van der Waals surface area contributed by atoms with Crippen molar-refractivity contribution < 1.29 is 0 Å². The fraction of sp³-hybridized carbons (Fsp3) is 1.00. The molecule has 0 N–H and O–H groups in total. The fourth-order valence-electron chi connectivity index (χ4n) is 3.50. The van der Waals surface area contributed by atoms with Crippen molar-refractivity contribution in [3.63, 3.8) is 0 Å². The van der Waals surface area contributed by atoms with Gasteiger partial charge in [0.05, 0.1) is 46.4 Å². The van der Waals surface area contributed by atoms with Gasteiger partial charge < -0.3 is 0 Å². The molecular formula is C2H16B12S. The molecule has 1 saturated heterocycles. The van der Waals surface area contributed by atoms with Crippen LogP contribution in [0, 0.1) is 0 Å². The Morgan fingerprint density at radius 3 is 1.53 bits per heavy atom. The highest BCUT2D eigenvalue weighted by Crippen LogP contribution is 2.30. The van der Waals surface area contributed by atoms with E-state index in [0.717, 1.165) is 38.5 Å². The van der Waals surface area contributed by atoms with Crippen LogP contribution >= 0.6 is 12.6 Å². The summed E-state index contributed by atoms with van der Waals surface area (Å²) in [5.41, 5.74) is 0. The Labute approximate surface area is 109 Å². The number of hydrogen-bond donors (Lipinski definition) is 1. The molecule has 0 nitrogen and oxygen atoms in total. The Morgan fingerprint density at radius 2 is 1.33 bits per heavy atom. The van der Waals surface area contributed by atoms with Crippen LogP contribution in [0.1, 0.15) is 0 Å². The van der Waals surface area contributed by atoms with Crippen LogP contribution in [0.3, 0.4) is 0 Å². The largest absolute Gasteiger partial charge is 0.186 e. The predicted molar refractivity (Wildman–Crippen MR) is 103 cm³/mol. The van der Waals surface area contributed by atoms with Crippen LogP contribution in [-0.4, -0.2) is 90.1 Å². The first-order chi connectivity index (χ1) is 6.86. The van der Waals surface area contributed by atoms with Gasteiger partial charge in [0.2, 0.25) is 0 Å². The van der Waals surface area contributed by atoms with E-state index >= 15 is 0 Å². The van der Waals surface area contributed by atoms with Crippen molar-refractivity contribution in [1.82, 2.24) is 0 Å². The SMILES string of the molecule is BB(B)B(B(B)B)B(B(B)B)B1CC1S. The second kappa shape index (κ2) is 5.65. The van der Waals surface area contributed by atoms with Crippen LogP contribution in [0.2, 0.25) is 6.32 Å². The van der Waals surface area contributed by atoms with Crippen LogP contribution in [-0.2, 0) is 0 Å². The molecule has 0 aliphatic carbocycles. The van der Waals surface area contributed by atoms with E-state index in [2.05, 4.69) is 59.1 Å². The average Bonchev–Trinajstić information content (AvgIpc) is 2.75. The smallest absolute Gasteiger partial charge is 0.106 e. The van der Waals surface area contributed by atoms with Crippen molar-refractivity contribution in [2.45, 2.75) is 11.5 Å². The lowest BCUT2D eigenvalue weighted by molar-refractivity contribution is 1.63. The first-order valence-electron chi connectivity index (χ1n) is 6.54. The average molecular weight is 202 g/mol. The quantitative estimate of drug-likeness (QED) is 0.332. The van der Waals surface area contributed by atoms with Gasteiger partial charge in [0.1, 0.15) is 6.60 Å². The molecule has 1 rings (SSSR count). The maximum absolute atomic E-state index is 4.64. The Bertz CT molecular complexity index is 196. The summed E-state index contributed by atoms with van der Waals surface area (Å²) in [6, 6.07) is 0. The minimum Gasteiger partial charge on any atom is -0.186 e. The van der Waals surface area contributed by atoms with Crippen LogP contribution in [0.5, 0.6) is 0 Å². The third kappa shape index (κ3) is 3.54. The first kappa shape index (κ1) is 14.2. The van der Waals surface area contributed by atoms with Crippen LogP contribution in [0.25, 0.3) is 0 Å². The van der Waals surface area contributed by atoms with Crippen LogP contribution in [0.4, 0.5) is 0 Å². The standard InChI is InChI=1S/C2H16B12S/c3-10(4)13(9-1-2(9)15)14(11(5)6)12(7)8/h2,15H,1,3-8H2. The highest BCUT2D eigenvalue weighted by Gasteiger charge is 2.50. The Morgan fingerprint density at radius 1 is 0.933 bits per heavy atom. The summed E-state index contributed by atoms with van der Waals surface area (Å²) in [6.07, 6.45) is 5.51. The molecule has 1 fully saturated rings. The molecule has 1 aliphatic rings. The molecule has 0 aromatic heterocycles. The summed E-state index contributed by atoms with van der Waals surface area (Å²) in [5.74, 6) is 0. The molecule has 1 heterocycles. The highest BCUT2D eigenvalue weighted by atomic mass is 32.1. The maximum atomic E-state index is 4.64. The molecule has 66 valence electrons. The molecule has 15 heavy (non-hydrogen) atoms. The summed E-state index contributed by atoms with van der Waals surface area (Å²) < 4.78 is 0. The van der Waals surface area contributed by atoms with Crippen LogP contribution in [0.15, 0.2) is 0 Å². The molecule has 0 bridgehead atoms. The van der Waals surface area contributed by atoms with E-state index in [1.165, 1.54) is 6.32 Å². The third-order valence-electron chi connectivity index (χ3n) is 4.05. The lowest BCUT2D eigenvalue weighted by Crippen LogP contribution is -2.70. The van der Waals surface area contributed by atoms with E-state index in [1.807, 2.05) is 0 Å². The summed E-state index contributed by atoms with van der Waals surface area (Å²) in [7, 11) is 14.3. The summed E-state index contributed by atoms with van der Waals surface area (Å²) in [6.45, 7) is 0.892. The third-order valence-corrected chi connectivity index (χ3v) is 4.65. The number of thiol groups is 1. The van der Waals surface area contributed by atoms with Gasteiger partial charge in [-0.1, -0.05) is 6.32 Å². The van der Waals surface area contributed by atoms with E-state index in [9.17, 15) is 0 Å². The molecular weight excluding hydrogens is 186 g/mol. The molecule has 0 radical (unpaired) electrons. The van der Waals surface area contributed by atoms with Gasteiger partial charge in [-0.05, 0) is 5.15 Å². The van der Waals surface area contributed by atoms with Gasteiger partial charge in [-0.2, -0.15) is 12.6 Å². The van der Waals surface area contributed by atoms with Gasteiger partial charge in [-0.15, -0.1) is 0 Å². The van der Waals surface area contributed by atoms with E-state index in [1.54, 1.807) is 0 Å². The van der Waals surface area contributed by atoms with Gasteiger partial charge in [-0.25, -0.2) is 0 Å². The molecule has 0 aromatic rings. The molecule has 1 aliphatic heterocycles. The monoisotopic (exact) mass is 204 g/mol. The normalized spacial score (nSPS) is 18.2. The van der Waals surface area contributed by atoms with Crippen molar-refractivity contribution >= 4 is 97.6 Å².